The Hall–Kier alpha value is -0.850. The molecule has 0 aromatic heterocycles. The molecule has 0 fully saturated rings. The maximum atomic E-state index is 12.5. The fourth-order valence-electron chi connectivity index (χ4n) is 1.68. The van der Waals surface area contributed by atoms with E-state index in [1.54, 1.807) is 24.3 Å². The number of rotatable bonds is 4. The first-order valence-corrected chi connectivity index (χ1v) is 7.86. The van der Waals surface area contributed by atoms with Crippen LogP contribution < -0.4 is 5.32 Å². The summed E-state index contributed by atoms with van der Waals surface area (Å²) in [5, 5.41) is 3.55. The van der Waals surface area contributed by atoms with Gasteiger partial charge in [0.1, 0.15) is 0 Å². The van der Waals surface area contributed by atoms with Crippen molar-refractivity contribution in [2.45, 2.75) is 16.9 Å². The minimum Gasteiger partial charge on any atom is -0.380 e. The number of anilines is 1. The number of benzene rings is 2. The molecule has 0 amide bonds. The number of hydrogen-bond acceptors (Lipinski definition) is 2. The Morgan fingerprint density at radius 3 is 2.52 bits per heavy atom. The maximum Gasteiger partial charge on any atom is 0.446 e. The second kappa shape index (κ2) is 6.94. The van der Waals surface area contributed by atoms with E-state index in [2.05, 4.69) is 21.2 Å². The molecule has 0 aliphatic rings. The quantitative estimate of drug-likeness (QED) is 0.606. The van der Waals surface area contributed by atoms with Gasteiger partial charge in [-0.15, -0.1) is 0 Å². The summed E-state index contributed by atoms with van der Waals surface area (Å²) in [6.07, 6.45) is 0. The Kier molecular flexibility index (Phi) is 5.46. The highest BCUT2D eigenvalue weighted by Gasteiger charge is 2.30. The maximum absolute atomic E-state index is 12.5. The Morgan fingerprint density at radius 1 is 1.14 bits per heavy atom. The predicted octanol–water partition coefficient (Wildman–Crippen LogP) is 6.33. The smallest absolute Gasteiger partial charge is 0.380 e. The van der Waals surface area contributed by atoms with Crippen molar-refractivity contribution >= 4 is 45.0 Å². The molecule has 0 bridgehead atoms. The predicted molar refractivity (Wildman–Crippen MR) is 84.8 cm³/mol. The monoisotopic (exact) mass is 395 g/mol. The third-order valence-corrected chi connectivity index (χ3v) is 4.25. The lowest BCUT2D eigenvalue weighted by Crippen LogP contribution is -2.04. The molecule has 2 rings (SSSR count). The third-order valence-electron chi connectivity index (χ3n) is 2.60. The van der Waals surface area contributed by atoms with Crippen molar-refractivity contribution in [1.82, 2.24) is 0 Å². The summed E-state index contributed by atoms with van der Waals surface area (Å²) in [7, 11) is 0. The number of halogens is 5. The summed E-state index contributed by atoms with van der Waals surface area (Å²) in [5.41, 5.74) is -3.07. The van der Waals surface area contributed by atoms with Crippen LogP contribution in [0.2, 0.25) is 5.02 Å². The third kappa shape index (κ3) is 5.13. The van der Waals surface area contributed by atoms with Gasteiger partial charge in [-0.25, -0.2) is 0 Å². The SMILES string of the molecule is FC(F)(F)Sc1ccccc1NCc1ccc(Br)cc1Cl. The molecule has 1 nitrogen and oxygen atoms in total. The number of alkyl halides is 3. The van der Waals surface area contributed by atoms with Gasteiger partial charge in [-0.1, -0.05) is 45.7 Å². The Balaban J connectivity index is 2.13. The molecule has 21 heavy (non-hydrogen) atoms. The van der Waals surface area contributed by atoms with E-state index in [4.69, 9.17) is 11.6 Å². The molecular weight excluding hydrogens is 387 g/mol. The molecule has 7 heteroatoms. The van der Waals surface area contributed by atoms with Gasteiger partial charge in [0.05, 0.1) is 0 Å². The molecule has 112 valence electrons. The minimum absolute atomic E-state index is 0.134. The first-order chi connectivity index (χ1) is 9.85. The van der Waals surface area contributed by atoms with E-state index in [-0.39, 0.29) is 16.7 Å². The first kappa shape index (κ1) is 16.5. The number of thioether (sulfide) groups is 1. The second-order valence-corrected chi connectivity index (χ2v) is 6.56. The molecule has 0 saturated carbocycles. The summed E-state index contributed by atoms with van der Waals surface area (Å²) in [6.45, 7) is 0.349. The van der Waals surface area contributed by atoms with Crippen LogP contribution in [0, 0.1) is 0 Å². The van der Waals surface area contributed by atoms with Gasteiger partial charge in [0.15, 0.2) is 0 Å². The van der Waals surface area contributed by atoms with Crippen LogP contribution in [0.5, 0.6) is 0 Å². The lowest BCUT2D eigenvalue weighted by atomic mass is 10.2. The summed E-state index contributed by atoms with van der Waals surface area (Å²) < 4.78 is 38.4. The molecule has 0 aliphatic carbocycles. The van der Waals surface area contributed by atoms with Gasteiger partial charge in [-0.05, 0) is 41.6 Å². The molecule has 0 spiro atoms. The summed E-state index contributed by atoms with van der Waals surface area (Å²) in [4.78, 5) is 0.137. The Bertz CT molecular complexity index is 634. The summed E-state index contributed by atoms with van der Waals surface area (Å²) >= 11 is 9.26. The highest BCUT2D eigenvalue weighted by molar-refractivity contribution is 9.10. The van der Waals surface area contributed by atoms with E-state index in [9.17, 15) is 13.2 Å². The van der Waals surface area contributed by atoms with Crippen LogP contribution in [0.1, 0.15) is 5.56 Å². The van der Waals surface area contributed by atoms with Crippen molar-refractivity contribution in [1.29, 1.82) is 0 Å². The van der Waals surface area contributed by atoms with Gasteiger partial charge in [0, 0.05) is 26.6 Å². The van der Waals surface area contributed by atoms with Crippen molar-refractivity contribution in [3.63, 3.8) is 0 Å². The first-order valence-electron chi connectivity index (χ1n) is 5.88. The Morgan fingerprint density at radius 2 is 1.86 bits per heavy atom. The average Bonchev–Trinajstić information content (AvgIpc) is 2.37. The van der Waals surface area contributed by atoms with Crippen molar-refractivity contribution in [3.05, 3.63) is 57.5 Å². The van der Waals surface area contributed by atoms with Crippen LogP contribution in [-0.4, -0.2) is 5.51 Å². The average molecular weight is 397 g/mol. The molecule has 0 radical (unpaired) electrons. The van der Waals surface area contributed by atoms with E-state index in [1.165, 1.54) is 6.07 Å². The molecule has 2 aromatic rings. The largest absolute Gasteiger partial charge is 0.446 e. The van der Waals surface area contributed by atoms with Crippen molar-refractivity contribution in [2.24, 2.45) is 0 Å². The van der Waals surface area contributed by atoms with Crippen molar-refractivity contribution in [2.75, 3.05) is 5.32 Å². The molecule has 0 saturated heterocycles. The van der Waals surface area contributed by atoms with Crippen LogP contribution in [0.4, 0.5) is 18.9 Å². The Labute approximate surface area is 138 Å². The fraction of sp³-hybridized carbons (Fsp3) is 0.143. The molecule has 1 N–H and O–H groups in total. The highest BCUT2D eigenvalue weighted by atomic mass is 79.9. The lowest BCUT2D eigenvalue weighted by molar-refractivity contribution is -0.0327. The number of nitrogens with one attached hydrogen (secondary N) is 1. The van der Waals surface area contributed by atoms with Crippen LogP contribution in [-0.2, 0) is 6.54 Å². The van der Waals surface area contributed by atoms with Gasteiger partial charge in [-0.2, -0.15) is 13.2 Å². The normalized spacial score (nSPS) is 11.5. The fourth-order valence-corrected chi connectivity index (χ4v) is 3.07. The molecular formula is C14H10BrClF3NS. The molecule has 2 aromatic carbocycles. The molecule has 0 atom stereocenters. The van der Waals surface area contributed by atoms with Gasteiger partial charge in [0.2, 0.25) is 0 Å². The molecule has 0 aliphatic heterocycles. The van der Waals surface area contributed by atoms with E-state index in [0.717, 1.165) is 10.0 Å². The summed E-state index contributed by atoms with van der Waals surface area (Å²) in [5.74, 6) is 0. The van der Waals surface area contributed by atoms with Crippen molar-refractivity contribution < 1.29 is 13.2 Å². The number of para-hydroxylation sites is 1. The van der Waals surface area contributed by atoms with Gasteiger partial charge in [-0.3, -0.25) is 0 Å². The van der Waals surface area contributed by atoms with E-state index in [0.29, 0.717) is 17.3 Å². The zero-order valence-corrected chi connectivity index (χ0v) is 13.7. The molecule has 0 unspecified atom stereocenters. The van der Waals surface area contributed by atoms with E-state index >= 15 is 0 Å². The zero-order chi connectivity index (χ0) is 15.5. The minimum atomic E-state index is -4.31. The van der Waals surface area contributed by atoms with Crippen LogP contribution >= 0.6 is 39.3 Å². The van der Waals surface area contributed by atoms with Crippen LogP contribution in [0.15, 0.2) is 51.8 Å². The number of hydrogen-bond donors (Lipinski definition) is 1. The molecule has 0 heterocycles. The second-order valence-electron chi connectivity index (χ2n) is 4.13. The van der Waals surface area contributed by atoms with Crippen LogP contribution in [0.25, 0.3) is 0 Å². The standard InChI is InChI=1S/C14H10BrClF3NS/c15-10-6-5-9(11(16)7-10)8-20-12-3-1-2-4-13(12)21-14(17,18)19/h1-7,20H,8H2. The highest BCUT2D eigenvalue weighted by Crippen LogP contribution is 2.40. The zero-order valence-electron chi connectivity index (χ0n) is 10.5. The van der Waals surface area contributed by atoms with E-state index < -0.39 is 5.51 Å². The van der Waals surface area contributed by atoms with Crippen LogP contribution in [0.3, 0.4) is 0 Å². The van der Waals surface area contributed by atoms with Gasteiger partial charge < -0.3 is 5.32 Å². The van der Waals surface area contributed by atoms with Gasteiger partial charge >= 0.3 is 5.51 Å². The van der Waals surface area contributed by atoms with Crippen molar-refractivity contribution in [3.8, 4) is 0 Å². The topological polar surface area (TPSA) is 12.0 Å². The van der Waals surface area contributed by atoms with E-state index in [1.807, 2.05) is 12.1 Å². The van der Waals surface area contributed by atoms with Gasteiger partial charge in [0.25, 0.3) is 0 Å². The lowest BCUT2D eigenvalue weighted by Gasteiger charge is -2.13. The summed E-state index contributed by atoms with van der Waals surface area (Å²) in [6, 6.07) is 11.7.